The zero-order valence-corrected chi connectivity index (χ0v) is 54.4. The van der Waals surface area contributed by atoms with E-state index in [9.17, 15) is 26.3 Å². The highest BCUT2D eigenvalue weighted by atomic mass is 19.4. The van der Waals surface area contributed by atoms with Gasteiger partial charge >= 0.3 is 12.4 Å². The third-order valence-corrected chi connectivity index (χ3v) is 20.8. The molecule has 2 atom stereocenters. The minimum absolute atomic E-state index is 0. The average Bonchev–Trinajstić information content (AvgIpc) is 3.80. The van der Waals surface area contributed by atoms with E-state index in [0.717, 1.165) is 39.9 Å². The molecule has 0 amide bonds. The lowest BCUT2D eigenvalue weighted by Crippen LogP contribution is -2.43. The van der Waals surface area contributed by atoms with Crippen molar-refractivity contribution in [2.24, 2.45) is 73.4 Å². The van der Waals surface area contributed by atoms with Crippen molar-refractivity contribution in [1.29, 1.82) is 0 Å². The van der Waals surface area contributed by atoms with Crippen LogP contribution in [0.4, 0.5) is 26.3 Å². The van der Waals surface area contributed by atoms with Crippen molar-refractivity contribution >= 4 is 0 Å². The van der Waals surface area contributed by atoms with Gasteiger partial charge in [0.1, 0.15) is 0 Å². The summed E-state index contributed by atoms with van der Waals surface area (Å²) in [4.78, 5) is 0. The summed E-state index contributed by atoms with van der Waals surface area (Å²) in [6.45, 7) is 39.6. The molecular formula is C75H154F6. The van der Waals surface area contributed by atoms with Crippen LogP contribution in [0, 0.1) is 73.4 Å². The Labute approximate surface area is 509 Å². The van der Waals surface area contributed by atoms with Crippen LogP contribution in [-0.4, -0.2) is 12.4 Å². The molecule has 8 rings (SSSR count). The lowest BCUT2D eigenvalue weighted by Gasteiger charge is -2.54. The molecule has 6 heteroatoms. The minimum Gasteiger partial charge on any atom is -0.171 e. The molecule has 0 aromatic heterocycles. The molecule has 4 spiro atoms. The number of rotatable bonds is 4. The molecule has 8 aliphatic rings. The highest BCUT2D eigenvalue weighted by Crippen LogP contribution is 2.60. The van der Waals surface area contributed by atoms with Crippen LogP contribution < -0.4 is 0 Å². The molecule has 0 heterocycles. The average molecular weight is 1170 g/mol. The van der Waals surface area contributed by atoms with Gasteiger partial charge in [-0.05, 0) is 195 Å². The summed E-state index contributed by atoms with van der Waals surface area (Å²) in [5.74, 6) is 3.59. The summed E-state index contributed by atoms with van der Waals surface area (Å²) in [5, 5.41) is 0. The van der Waals surface area contributed by atoms with Gasteiger partial charge in [-0.25, -0.2) is 0 Å². The lowest BCUT2D eigenvalue weighted by molar-refractivity contribution is -0.144. The molecule has 0 unspecified atom stereocenters. The quantitative estimate of drug-likeness (QED) is 0.246. The predicted octanol–water partition coefficient (Wildman–Crippen LogP) is 29.7. The van der Waals surface area contributed by atoms with Crippen LogP contribution in [0.1, 0.15) is 399 Å². The molecule has 8 fully saturated rings. The fourth-order valence-corrected chi connectivity index (χ4v) is 15.8. The van der Waals surface area contributed by atoms with Gasteiger partial charge in [-0.3, -0.25) is 0 Å². The van der Waals surface area contributed by atoms with E-state index in [1.807, 2.05) is 13.8 Å². The molecule has 8 saturated carbocycles. The first-order valence-corrected chi connectivity index (χ1v) is 33.3. The van der Waals surface area contributed by atoms with Gasteiger partial charge in [-0.1, -0.05) is 264 Å². The van der Waals surface area contributed by atoms with Gasteiger partial charge in [0.2, 0.25) is 0 Å². The second-order valence-electron chi connectivity index (χ2n) is 30.9. The normalized spacial score (nSPS) is 24.6. The Balaban J connectivity index is -0.000000280. The van der Waals surface area contributed by atoms with Crippen LogP contribution in [-0.2, 0) is 0 Å². The second kappa shape index (κ2) is 41.7. The van der Waals surface area contributed by atoms with Crippen LogP contribution in [0.25, 0.3) is 0 Å². The van der Waals surface area contributed by atoms with Crippen molar-refractivity contribution in [3.8, 4) is 0 Å². The van der Waals surface area contributed by atoms with Crippen molar-refractivity contribution < 1.29 is 26.3 Å². The fraction of sp³-hybridized carbons (Fsp3) is 1.00. The molecule has 81 heavy (non-hydrogen) atoms. The molecule has 496 valence electrons. The Morgan fingerprint density at radius 1 is 0.333 bits per heavy atom. The lowest BCUT2D eigenvalue weighted by atomic mass is 9.51. The monoisotopic (exact) mass is 1170 g/mol. The number of hydrogen-bond acceptors (Lipinski definition) is 0. The summed E-state index contributed by atoms with van der Waals surface area (Å²) >= 11 is 0. The van der Waals surface area contributed by atoms with Gasteiger partial charge in [0, 0.05) is 12.8 Å². The second-order valence-corrected chi connectivity index (χ2v) is 30.9. The van der Waals surface area contributed by atoms with Crippen molar-refractivity contribution in [2.75, 3.05) is 0 Å². The van der Waals surface area contributed by atoms with Gasteiger partial charge < -0.3 is 0 Å². The van der Waals surface area contributed by atoms with E-state index in [2.05, 4.69) is 83.1 Å². The zero-order chi connectivity index (χ0) is 58.1. The summed E-state index contributed by atoms with van der Waals surface area (Å²) in [6, 6.07) is 0. The largest absolute Gasteiger partial charge is 0.389 e. The fourth-order valence-electron chi connectivity index (χ4n) is 15.8. The molecule has 0 aliphatic heterocycles. The van der Waals surface area contributed by atoms with Crippen LogP contribution in [0.3, 0.4) is 0 Å². The third-order valence-electron chi connectivity index (χ3n) is 20.8. The number of hydrogen-bond donors (Lipinski definition) is 0. The van der Waals surface area contributed by atoms with Gasteiger partial charge in [-0.2, -0.15) is 26.3 Å². The molecule has 0 bridgehead atoms. The standard InChI is InChI=1S/C16H30.C14H26.C12H22.C11H20.2C6H11F3.C3H8.C2H6.5CH4/c1-13-6-8-16(9-7-13)11-14(2,3)10-15(4,5)12-16;1-12-4-6-14(7-5-12)10-8-13(2,3)9-11-14;1-11-5-9-12(10-6-11)7-3-2-4-8-12;1-10-4-8-11(9-5-10)6-2-3-7-11;2*1-3-5(2)4-6(7,8)9;1-3-2;1-2;;;;;/h13H,6-12H2,1-5H3;12H,4-11H2,1-3H3;11H,2-10H2,1H3;10H,2-9H2,1H3;2*5H,3-4H2,1-2H3;3H2,1-2H3;1-2H3;5*1H4/t;;;;2*5-;;;;;;;/m....00......./s1. The van der Waals surface area contributed by atoms with Crippen LogP contribution in [0.15, 0.2) is 0 Å². The summed E-state index contributed by atoms with van der Waals surface area (Å²) in [7, 11) is 0. The Bertz CT molecular complexity index is 1370. The maximum Gasteiger partial charge on any atom is 0.389 e. The maximum absolute atomic E-state index is 11.5. The Hall–Kier alpha value is -0.420. The van der Waals surface area contributed by atoms with E-state index in [1.54, 1.807) is 79.1 Å². The van der Waals surface area contributed by atoms with Crippen LogP contribution in [0.2, 0.25) is 0 Å². The predicted molar refractivity (Wildman–Crippen MR) is 357 cm³/mol. The molecule has 8 aliphatic carbocycles. The first-order valence-electron chi connectivity index (χ1n) is 33.3. The Morgan fingerprint density at radius 3 is 0.778 bits per heavy atom. The van der Waals surface area contributed by atoms with E-state index in [0.29, 0.717) is 34.5 Å². The van der Waals surface area contributed by atoms with Crippen molar-refractivity contribution in [3.05, 3.63) is 0 Å². The molecule has 0 N–H and O–H groups in total. The summed E-state index contributed by atoms with van der Waals surface area (Å²) in [5.41, 5.74) is 4.98. The van der Waals surface area contributed by atoms with Crippen LogP contribution >= 0.6 is 0 Å². The highest BCUT2D eigenvalue weighted by molar-refractivity contribution is 4.99. The van der Waals surface area contributed by atoms with E-state index in [1.165, 1.54) is 161 Å². The van der Waals surface area contributed by atoms with Crippen LogP contribution in [0.5, 0.6) is 0 Å². The molecule has 0 aromatic rings. The van der Waals surface area contributed by atoms with E-state index >= 15 is 0 Å². The highest BCUT2D eigenvalue weighted by Gasteiger charge is 2.48. The first-order chi connectivity index (χ1) is 35.2. The van der Waals surface area contributed by atoms with Crippen molar-refractivity contribution in [2.45, 2.75) is 412 Å². The van der Waals surface area contributed by atoms with E-state index < -0.39 is 25.2 Å². The molecule has 0 radical (unpaired) electrons. The van der Waals surface area contributed by atoms with E-state index in [-0.39, 0.29) is 49.0 Å². The molecule has 0 aromatic carbocycles. The topological polar surface area (TPSA) is 0 Å². The SMILES string of the molecule is C.C.C.C.C.CC.CC1CCC2(CC1)CC(C)(C)CC(C)(C)C2.CC1CCC2(CC1)CCC(C)(C)CC2.CC1CCC2(CCCC2)CC1.CC1CCC2(CCCCC2)CC1.CCC.CC[C@H](C)CC(F)(F)F.CC[C@H](C)CC(F)(F)F. The van der Waals surface area contributed by atoms with Gasteiger partial charge in [-0.15, -0.1) is 0 Å². The van der Waals surface area contributed by atoms with Crippen molar-refractivity contribution in [3.63, 3.8) is 0 Å². The Morgan fingerprint density at radius 2 is 0.556 bits per heavy atom. The summed E-state index contributed by atoms with van der Waals surface area (Å²) < 4.78 is 69.0. The molecule has 0 nitrogen and oxygen atoms in total. The van der Waals surface area contributed by atoms with Gasteiger partial charge in [0.15, 0.2) is 0 Å². The van der Waals surface area contributed by atoms with Gasteiger partial charge in [0.25, 0.3) is 0 Å². The molecular weight excluding hydrogens is 1010 g/mol. The molecule has 0 saturated heterocycles. The smallest absolute Gasteiger partial charge is 0.171 e. The summed E-state index contributed by atoms with van der Waals surface area (Å²) in [6.07, 6.45) is 41.7. The number of alkyl halides is 6. The maximum atomic E-state index is 11.5. The third kappa shape index (κ3) is 37.8. The zero-order valence-electron chi connectivity index (χ0n) is 54.4. The van der Waals surface area contributed by atoms with Gasteiger partial charge in [0.05, 0.1) is 0 Å². The van der Waals surface area contributed by atoms with Crippen molar-refractivity contribution in [1.82, 2.24) is 0 Å². The Kier molecular flexibility index (Phi) is 46.0. The van der Waals surface area contributed by atoms with E-state index in [4.69, 9.17) is 0 Å². The first kappa shape index (κ1) is 89.3. The number of halogens is 6. The minimum atomic E-state index is -3.98.